The fraction of sp³-hybridized carbons (Fsp3) is 0.533. The van der Waals surface area contributed by atoms with E-state index >= 15 is 0 Å². The van der Waals surface area contributed by atoms with Crippen molar-refractivity contribution in [3.05, 3.63) is 30.1 Å². The first-order chi connectivity index (χ1) is 10.1. The van der Waals surface area contributed by atoms with Gasteiger partial charge in [-0.05, 0) is 36.5 Å². The highest BCUT2D eigenvalue weighted by Gasteiger charge is 2.09. The molecule has 0 spiro atoms. The lowest BCUT2D eigenvalue weighted by atomic mass is 9.97. The molecule has 6 heteroatoms. The molecule has 21 heavy (non-hydrogen) atoms. The van der Waals surface area contributed by atoms with E-state index < -0.39 is 5.97 Å². The molecule has 1 atom stereocenters. The minimum Gasteiger partial charge on any atom is -0.481 e. The van der Waals surface area contributed by atoms with E-state index in [4.69, 9.17) is 5.11 Å². The molecule has 0 bridgehead atoms. The quantitative estimate of drug-likeness (QED) is 0.650. The van der Waals surface area contributed by atoms with Crippen LogP contribution in [0.1, 0.15) is 38.2 Å². The summed E-state index contributed by atoms with van der Waals surface area (Å²) in [6.45, 7) is 3.06. The normalized spacial score (nSPS) is 11.7. The summed E-state index contributed by atoms with van der Waals surface area (Å²) in [5.74, 6) is -0.432. The summed E-state index contributed by atoms with van der Waals surface area (Å²) in [6, 6.07) is 3.48. The summed E-state index contributed by atoms with van der Waals surface area (Å²) in [7, 11) is 0. The van der Waals surface area contributed by atoms with Gasteiger partial charge in [-0.25, -0.2) is 4.79 Å². The third-order valence-electron chi connectivity index (χ3n) is 3.38. The molecule has 1 aromatic rings. The number of pyridine rings is 1. The molecule has 6 nitrogen and oxygen atoms in total. The third kappa shape index (κ3) is 7.91. The molecule has 0 radical (unpaired) electrons. The Morgan fingerprint density at radius 2 is 1.95 bits per heavy atom. The maximum atomic E-state index is 11.6. The van der Waals surface area contributed by atoms with Crippen molar-refractivity contribution in [1.82, 2.24) is 15.6 Å². The number of rotatable bonds is 9. The van der Waals surface area contributed by atoms with Crippen LogP contribution in [0.2, 0.25) is 0 Å². The maximum Gasteiger partial charge on any atom is 0.315 e. The topological polar surface area (TPSA) is 91.3 Å². The van der Waals surface area contributed by atoms with Crippen LogP contribution < -0.4 is 10.6 Å². The number of amides is 2. The van der Waals surface area contributed by atoms with Crippen LogP contribution in [0.4, 0.5) is 4.79 Å². The van der Waals surface area contributed by atoms with Crippen LogP contribution in [-0.4, -0.2) is 28.6 Å². The second kappa shape index (κ2) is 9.74. The summed E-state index contributed by atoms with van der Waals surface area (Å²) in [5.41, 5.74) is 0.994. The van der Waals surface area contributed by atoms with Crippen molar-refractivity contribution in [1.29, 1.82) is 0 Å². The zero-order valence-electron chi connectivity index (χ0n) is 12.3. The van der Waals surface area contributed by atoms with Gasteiger partial charge < -0.3 is 15.7 Å². The predicted molar refractivity (Wildman–Crippen MR) is 79.7 cm³/mol. The highest BCUT2D eigenvalue weighted by Crippen LogP contribution is 2.14. The average molecular weight is 293 g/mol. The number of carbonyl (C=O) groups excluding carboxylic acids is 1. The van der Waals surface area contributed by atoms with Gasteiger partial charge in [-0.15, -0.1) is 0 Å². The van der Waals surface area contributed by atoms with Crippen molar-refractivity contribution in [2.45, 2.75) is 39.2 Å². The molecule has 1 rings (SSSR count). The van der Waals surface area contributed by atoms with Gasteiger partial charge in [0.25, 0.3) is 0 Å². The van der Waals surface area contributed by atoms with E-state index in [0.717, 1.165) is 18.4 Å². The van der Waals surface area contributed by atoms with E-state index in [1.54, 1.807) is 12.4 Å². The molecule has 0 aromatic carbocycles. The molecule has 116 valence electrons. The van der Waals surface area contributed by atoms with E-state index in [9.17, 15) is 9.59 Å². The van der Waals surface area contributed by atoms with Gasteiger partial charge in [0.15, 0.2) is 0 Å². The number of aromatic nitrogens is 1. The van der Waals surface area contributed by atoms with Crippen molar-refractivity contribution < 1.29 is 14.7 Å². The molecular formula is C15H23N3O3. The van der Waals surface area contributed by atoms with E-state index in [0.29, 0.717) is 25.4 Å². The van der Waals surface area contributed by atoms with Gasteiger partial charge in [-0.2, -0.15) is 0 Å². The summed E-state index contributed by atoms with van der Waals surface area (Å²) in [5, 5.41) is 14.2. The van der Waals surface area contributed by atoms with Gasteiger partial charge >= 0.3 is 12.0 Å². The van der Waals surface area contributed by atoms with Gasteiger partial charge in [-0.1, -0.05) is 13.3 Å². The molecule has 1 aromatic heterocycles. The first-order valence-electron chi connectivity index (χ1n) is 7.24. The van der Waals surface area contributed by atoms with Crippen LogP contribution in [0.25, 0.3) is 0 Å². The highest BCUT2D eigenvalue weighted by molar-refractivity contribution is 5.73. The number of urea groups is 1. The summed E-state index contributed by atoms with van der Waals surface area (Å²) in [6.07, 6.45) is 5.94. The maximum absolute atomic E-state index is 11.6. The monoisotopic (exact) mass is 293 g/mol. The number of aliphatic carboxylic acids is 1. The van der Waals surface area contributed by atoms with E-state index in [-0.39, 0.29) is 12.5 Å². The van der Waals surface area contributed by atoms with Gasteiger partial charge in [0.2, 0.25) is 0 Å². The fourth-order valence-electron chi connectivity index (χ4n) is 2.02. The van der Waals surface area contributed by atoms with E-state index in [2.05, 4.69) is 15.6 Å². The molecule has 3 N–H and O–H groups in total. The summed E-state index contributed by atoms with van der Waals surface area (Å²) in [4.78, 5) is 26.1. The van der Waals surface area contributed by atoms with Crippen molar-refractivity contribution in [2.24, 2.45) is 5.92 Å². The van der Waals surface area contributed by atoms with Crippen molar-refractivity contribution in [3.8, 4) is 0 Å². The average Bonchev–Trinajstić information content (AvgIpc) is 2.49. The van der Waals surface area contributed by atoms with Crippen molar-refractivity contribution >= 4 is 12.0 Å². The fourth-order valence-corrected chi connectivity index (χ4v) is 2.02. The number of hydrogen-bond donors (Lipinski definition) is 3. The highest BCUT2D eigenvalue weighted by atomic mass is 16.4. The molecule has 1 heterocycles. The SMILES string of the molecule is CCC(CCNC(=O)NCc1ccncc1)CCC(=O)O. The Morgan fingerprint density at radius 1 is 1.24 bits per heavy atom. The molecule has 0 aliphatic heterocycles. The minimum absolute atomic E-state index is 0.187. The zero-order chi connectivity index (χ0) is 15.5. The van der Waals surface area contributed by atoms with Crippen LogP contribution in [0, 0.1) is 5.92 Å². The second-order valence-corrected chi connectivity index (χ2v) is 4.96. The Balaban J connectivity index is 2.16. The third-order valence-corrected chi connectivity index (χ3v) is 3.38. The van der Waals surface area contributed by atoms with Crippen molar-refractivity contribution in [3.63, 3.8) is 0 Å². The molecule has 0 aliphatic carbocycles. The number of nitrogens with zero attached hydrogens (tertiary/aromatic N) is 1. The standard InChI is InChI=1S/C15H23N3O3/c1-2-12(3-4-14(19)20)7-10-17-15(21)18-11-13-5-8-16-9-6-13/h5-6,8-9,12H,2-4,7,10-11H2,1H3,(H,19,20)(H2,17,18,21). The van der Waals surface area contributed by atoms with Gasteiger partial charge in [0, 0.05) is 31.9 Å². The number of carbonyl (C=O) groups is 2. The largest absolute Gasteiger partial charge is 0.481 e. The Labute approximate surface area is 125 Å². The molecule has 1 unspecified atom stereocenters. The van der Waals surface area contributed by atoms with E-state index in [1.807, 2.05) is 19.1 Å². The summed E-state index contributed by atoms with van der Waals surface area (Å²) < 4.78 is 0. The lowest BCUT2D eigenvalue weighted by molar-refractivity contribution is -0.137. The number of hydrogen-bond acceptors (Lipinski definition) is 3. The molecular weight excluding hydrogens is 270 g/mol. The smallest absolute Gasteiger partial charge is 0.315 e. The lowest BCUT2D eigenvalue weighted by Gasteiger charge is -2.14. The van der Waals surface area contributed by atoms with Crippen LogP contribution in [0.15, 0.2) is 24.5 Å². The van der Waals surface area contributed by atoms with Crippen LogP contribution in [0.5, 0.6) is 0 Å². The Kier molecular flexibility index (Phi) is 7.86. The van der Waals surface area contributed by atoms with E-state index in [1.165, 1.54) is 0 Å². The molecule has 0 fully saturated rings. The first-order valence-corrected chi connectivity index (χ1v) is 7.24. The Bertz CT molecular complexity index is 437. The molecule has 2 amide bonds. The lowest BCUT2D eigenvalue weighted by Crippen LogP contribution is -2.36. The minimum atomic E-state index is -0.767. The molecule has 0 saturated heterocycles. The molecule has 0 saturated carbocycles. The van der Waals surface area contributed by atoms with Gasteiger partial charge in [0.1, 0.15) is 0 Å². The van der Waals surface area contributed by atoms with Crippen LogP contribution in [-0.2, 0) is 11.3 Å². The van der Waals surface area contributed by atoms with Crippen LogP contribution in [0.3, 0.4) is 0 Å². The van der Waals surface area contributed by atoms with Gasteiger partial charge in [0.05, 0.1) is 0 Å². The zero-order valence-corrected chi connectivity index (χ0v) is 12.3. The second-order valence-electron chi connectivity index (χ2n) is 4.96. The first kappa shape index (κ1) is 16.9. The molecule has 0 aliphatic rings. The Morgan fingerprint density at radius 3 is 2.57 bits per heavy atom. The Hall–Kier alpha value is -2.11. The van der Waals surface area contributed by atoms with Crippen LogP contribution >= 0.6 is 0 Å². The number of nitrogens with one attached hydrogen (secondary N) is 2. The van der Waals surface area contributed by atoms with Crippen molar-refractivity contribution in [2.75, 3.05) is 6.54 Å². The van der Waals surface area contributed by atoms with Gasteiger partial charge in [-0.3, -0.25) is 9.78 Å². The number of carboxylic acids is 1. The predicted octanol–water partition coefficient (Wildman–Crippen LogP) is 2.16. The number of carboxylic acid groups (broad SMARTS) is 1. The summed E-state index contributed by atoms with van der Waals surface area (Å²) >= 11 is 0.